The smallest absolute Gasteiger partial charge is 0.341 e. The number of halogens is 1. The van der Waals surface area contributed by atoms with E-state index >= 15 is 0 Å². The van der Waals surface area contributed by atoms with Gasteiger partial charge in [-0.05, 0) is 40.2 Å². The van der Waals surface area contributed by atoms with Crippen molar-refractivity contribution in [2.45, 2.75) is 6.61 Å². The molecule has 1 aromatic heterocycles. The zero-order valence-electron chi connectivity index (χ0n) is 9.84. The molecule has 0 spiro atoms. The molecule has 5 nitrogen and oxygen atoms in total. The van der Waals surface area contributed by atoms with E-state index in [2.05, 4.69) is 20.9 Å². The van der Waals surface area contributed by atoms with Gasteiger partial charge in [-0.25, -0.2) is 4.79 Å². The number of ether oxygens (including phenoxy) is 1. The Morgan fingerprint density at radius 2 is 2.16 bits per heavy atom. The van der Waals surface area contributed by atoms with E-state index in [-0.39, 0.29) is 23.6 Å². The highest BCUT2D eigenvalue weighted by Gasteiger charge is 2.14. The Kier molecular flexibility index (Phi) is 4.01. The normalized spacial score (nSPS) is 10.2. The van der Waals surface area contributed by atoms with Crippen LogP contribution in [-0.4, -0.2) is 16.1 Å². The molecule has 0 atom stereocenters. The lowest BCUT2D eigenvalue weighted by Gasteiger charge is -2.10. The van der Waals surface area contributed by atoms with Crippen LogP contribution in [0.3, 0.4) is 0 Å². The average molecular weight is 323 g/mol. The number of aromatic carboxylic acids is 1. The highest BCUT2D eigenvalue weighted by molar-refractivity contribution is 9.10. The molecule has 0 aliphatic heterocycles. The second kappa shape index (κ2) is 5.71. The number of aromatic nitrogens is 1. The molecule has 1 aromatic carbocycles. The largest absolute Gasteiger partial charge is 0.486 e. The van der Waals surface area contributed by atoms with Gasteiger partial charge in [0, 0.05) is 16.4 Å². The molecule has 98 valence electrons. The van der Waals surface area contributed by atoms with Gasteiger partial charge in [-0.2, -0.15) is 0 Å². The van der Waals surface area contributed by atoms with Crippen molar-refractivity contribution in [1.29, 1.82) is 0 Å². The number of rotatable bonds is 4. The number of benzene rings is 1. The van der Waals surface area contributed by atoms with Crippen LogP contribution in [0.15, 0.2) is 41.0 Å². The lowest BCUT2D eigenvalue weighted by Crippen LogP contribution is -2.07. The molecule has 0 radical (unpaired) electrons. The molecule has 0 fully saturated rings. The molecule has 0 aliphatic rings. The number of pyridine rings is 1. The van der Waals surface area contributed by atoms with E-state index in [4.69, 9.17) is 15.6 Å². The van der Waals surface area contributed by atoms with Gasteiger partial charge in [0.15, 0.2) is 0 Å². The van der Waals surface area contributed by atoms with E-state index in [0.717, 1.165) is 4.47 Å². The summed E-state index contributed by atoms with van der Waals surface area (Å²) < 4.78 is 6.33. The van der Waals surface area contributed by atoms with Crippen LogP contribution in [0.5, 0.6) is 5.75 Å². The van der Waals surface area contributed by atoms with Crippen LogP contribution in [0.2, 0.25) is 0 Å². The lowest BCUT2D eigenvalue weighted by atomic mass is 10.1. The Bertz CT molecular complexity index is 599. The molecule has 0 aliphatic carbocycles. The minimum Gasteiger partial charge on any atom is -0.486 e. The fourth-order valence-electron chi connectivity index (χ4n) is 1.54. The molecule has 0 saturated carbocycles. The van der Waals surface area contributed by atoms with E-state index in [0.29, 0.717) is 5.69 Å². The zero-order valence-corrected chi connectivity index (χ0v) is 11.4. The Hall–Kier alpha value is -2.08. The molecule has 0 unspecified atom stereocenters. The third-order valence-corrected chi connectivity index (χ3v) is 2.91. The van der Waals surface area contributed by atoms with Gasteiger partial charge in [0.1, 0.15) is 17.9 Å². The van der Waals surface area contributed by atoms with E-state index in [1.807, 2.05) is 6.07 Å². The number of nitrogen functional groups attached to an aromatic ring is 1. The summed E-state index contributed by atoms with van der Waals surface area (Å²) in [5, 5.41) is 9.10. The summed E-state index contributed by atoms with van der Waals surface area (Å²) >= 11 is 3.28. The summed E-state index contributed by atoms with van der Waals surface area (Å²) in [6.45, 7) is 0.178. The average Bonchev–Trinajstić information content (AvgIpc) is 2.37. The Balaban J connectivity index is 2.18. The standard InChI is InChI=1S/C13H11BrN2O3/c14-8-4-5-9(16-6-8)7-19-11-3-1-2-10(15)12(11)13(17)18/h1-6H,7,15H2,(H,17,18). The summed E-state index contributed by atoms with van der Waals surface area (Å²) in [4.78, 5) is 15.3. The first-order valence-electron chi connectivity index (χ1n) is 5.43. The van der Waals surface area contributed by atoms with Gasteiger partial charge < -0.3 is 15.6 Å². The van der Waals surface area contributed by atoms with Crippen molar-refractivity contribution in [3.63, 3.8) is 0 Å². The fourth-order valence-corrected chi connectivity index (χ4v) is 1.78. The van der Waals surface area contributed by atoms with E-state index < -0.39 is 5.97 Å². The molecule has 2 aromatic rings. The second-order valence-corrected chi connectivity index (χ2v) is 4.70. The molecule has 3 N–H and O–H groups in total. The summed E-state index contributed by atoms with van der Waals surface area (Å²) in [6.07, 6.45) is 1.65. The molecule has 6 heteroatoms. The van der Waals surface area contributed by atoms with Crippen molar-refractivity contribution < 1.29 is 14.6 Å². The number of nitrogens with zero attached hydrogens (tertiary/aromatic N) is 1. The molecule has 0 saturated heterocycles. The van der Waals surface area contributed by atoms with Crippen molar-refractivity contribution in [2.24, 2.45) is 0 Å². The second-order valence-electron chi connectivity index (χ2n) is 3.78. The number of hydrogen-bond donors (Lipinski definition) is 2. The molecule has 19 heavy (non-hydrogen) atoms. The number of carboxylic acids is 1. The lowest BCUT2D eigenvalue weighted by molar-refractivity contribution is 0.0693. The van der Waals surface area contributed by atoms with Gasteiger partial charge in [-0.15, -0.1) is 0 Å². The predicted molar refractivity (Wildman–Crippen MR) is 74.1 cm³/mol. The summed E-state index contributed by atoms with van der Waals surface area (Å²) in [6, 6.07) is 8.36. The number of carbonyl (C=O) groups is 1. The summed E-state index contributed by atoms with van der Waals surface area (Å²) in [5.41, 5.74) is 6.47. The van der Waals surface area contributed by atoms with Crippen molar-refractivity contribution >= 4 is 27.6 Å². The summed E-state index contributed by atoms with van der Waals surface area (Å²) in [7, 11) is 0. The Morgan fingerprint density at radius 1 is 1.37 bits per heavy atom. The first-order chi connectivity index (χ1) is 9.08. The van der Waals surface area contributed by atoms with Crippen LogP contribution in [0.4, 0.5) is 5.69 Å². The first-order valence-corrected chi connectivity index (χ1v) is 6.22. The summed E-state index contributed by atoms with van der Waals surface area (Å²) in [5.74, 6) is -0.880. The van der Waals surface area contributed by atoms with Crippen LogP contribution in [-0.2, 0) is 6.61 Å². The van der Waals surface area contributed by atoms with Gasteiger partial charge in [-0.3, -0.25) is 4.98 Å². The maximum atomic E-state index is 11.1. The van der Waals surface area contributed by atoms with Crippen LogP contribution < -0.4 is 10.5 Å². The van der Waals surface area contributed by atoms with Gasteiger partial charge in [0.05, 0.1) is 5.69 Å². The maximum Gasteiger partial charge on any atom is 0.341 e. The number of anilines is 1. The molecule has 0 bridgehead atoms. The van der Waals surface area contributed by atoms with Crippen molar-refractivity contribution in [2.75, 3.05) is 5.73 Å². The predicted octanol–water partition coefficient (Wildman–Crippen LogP) is 2.70. The van der Waals surface area contributed by atoms with Gasteiger partial charge in [0.25, 0.3) is 0 Å². The van der Waals surface area contributed by atoms with Crippen molar-refractivity contribution in [1.82, 2.24) is 4.98 Å². The van der Waals surface area contributed by atoms with Gasteiger partial charge >= 0.3 is 5.97 Å². The Morgan fingerprint density at radius 3 is 2.79 bits per heavy atom. The monoisotopic (exact) mass is 322 g/mol. The molecular formula is C13H11BrN2O3. The minimum absolute atomic E-state index is 0.0281. The SMILES string of the molecule is Nc1cccc(OCc2ccc(Br)cn2)c1C(=O)O. The van der Waals surface area contributed by atoms with Crippen LogP contribution in [0.1, 0.15) is 16.1 Å². The van der Waals surface area contributed by atoms with Crippen molar-refractivity contribution in [3.05, 3.63) is 52.3 Å². The van der Waals surface area contributed by atoms with Crippen molar-refractivity contribution in [3.8, 4) is 5.75 Å². The minimum atomic E-state index is -1.11. The van der Waals surface area contributed by atoms with Crippen LogP contribution in [0.25, 0.3) is 0 Å². The number of nitrogens with two attached hydrogens (primary N) is 1. The highest BCUT2D eigenvalue weighted by Crippen LogP contribution is 2.25. The Labute approximate surface area is 118 Å². The fraction of sp³-hybridized carbons (Fsp3) is 0.0769. The molecule has 0 amide bonds. The molecular weight excluding hydrogens is 312 g/mol. The first kappa shape index (κ1) is 13.4. The topological polar surface area (TPSA) is 85.4 Å². The van der Waals surface area contributed by atoms with Crippen LogP contribution >= 0.6 is 15.9 Å². The van der Waals surface area contributed by atoms with E-state index in [1.165, 1.54) is 6.07 Å². The third kappa shape index (κ3) is 3.23. The molecule has 2 rings (SSSR count). The quantitative estimate of drug-likeness (QED) is 0.845. The third-order valence-electron chi connectivity index (χ3n) is 2.44. The van der Waals surface area contributed by atoms with Gasteiger partial charge in [-0.1, -0.05) is 6.07 Å². The van der Waals surface area contributed by atoms with E-state index in [9.17, 15) is 4.79 Å². The zero-order chi connectivity index (χ0) is 13.8. The van der Waals surface area contributed by atoms with Crippen LogP contribution in [0, 0.1) is 0 Å². The number of carboxylic acid groups (broad SMARTS) is 1. The highest BCUT2D eigenvalue weighted by atomic mass is 79.9. The maximum absolute atomic E-state index is 11.1. The molecule has 1 heterocycles. The van der Waals surface area contributed by atoms with Gasteiger partial charge in [0.2, 0.25) is 0 Å². The number of hydrogen-bond acceptors (Lipinski definition) is 4. The van der Waals surface area contributed by atoms with E-state index in [1.54, 1.807) is 24.4 Å².